The molecule has 2 bridgehead atoms. The number of hydrogen-bond donors (Lipinski definition) is 0. The fraction of sp³-hybridized carbons (Fsp3) is 1.00. The number of hydrogen-bond acceptors (Lipinski definition) is 2. The van der Waals surface area contributed by atoms with Gasteiger partial charge in [-0.05, 0) is 49.3 Å². The van der Waals surface area contributed by atoms with Crippen molar-refractivity contribution in [1.82, 2.24) is 0 Å². The van der Waals surface area contributed by atoms with Gasteiger partial charge in [-0.3, -0.25) is 0 Å². The highest BCUT2D eigenvalue weighted by Crippen LogP contribution is 2.65. The Balaban J connectivity index is 1.69. The first-order valence-electron chi connectivity index (χ1n) is 7.67. The van der Waals surface area contributed by atoms with E-state index >= 15 is 0 Å². The minimum Gasteiger partial charge on any atom is -0.405 e. The van der Waals surface area contributed by atoms with Gasteiger partial charge in [-0.15, -0.1) is 0 Å². The molecule has 3 heteroatoms. The first kappa shape index (κ1) is 13.0. The molecule has 18 heavy (non-hydrogen) atoms. The van der Waals surface area contributed by atoms with Crippen LogP contribution in [0.2, 0.25) is 6.32 Å². The molecule has 4 atom stereocenters. The molecule has 3 aliphatic carbocycles. The molecule has 0 N–H and O–H groups in total. The smallest absolute Gasteiger partial charge is 0.405 e. The molecule has 0 aromatic rings. The zero-order chi connectivity index (χ0) is 13.1. The van der Waals surface area contributed by atoms with Gasteiger partial charge in [0.15, 0.2) is 0 Å². The molecule has 0 spiro atoms. The fourth-order valence-corrected chi connectivity index (χ4v) is 4.54. The number of rotatable bonds is 3. The first-order valence-corrected chi connectivity index (χ1v) is 7.67. The van der Waals surface area contributed by atoms with E-state index in [9.17, 15) is 0 Å². The van der Waals surface area contributed by atoms with E-state index in [2.05, 4.69) is 34.6 Å². The monoisotopic (exact) mass is 250 g/mol. The van der Waals surface area contributed by atoms with Gasteiger partial charge in [0.2, 0.25) is 0 Å². The second-order valence-corrected chi connectivity index (χ2v) is 7.87. The quantitative estimate of drug-likeness (QED) is 0.710. The second-order valence-electron chi connectivity index (χ2n) is 7.87. The van der Waals surface area contributed by atoms with Gasteiger partial charge < -0.3 is 9.31 Å². The summed E-state index contributed by atoms with van der Waals surface area (Å²) in [6, 6.07) is 0. The Hall–Kier alpha value is -0.0151. The third-order valence-electron chi connectivity index (χ3n) is 5.98. The minimum absolute atomic E-state index is 0.0140. The molecule has 4 fully saturated rings. The van der Waals surface area contributed by atoms with Gasteiger partial charge in [0, 0.05) is 0 Å². The summed E-state index contributed by atoms with van der Waals surface area (Å²) in [6.45, 7) is 11.7. The molecule has 102 valence electrons. The largest absolute Gasteiger partial charge is 0.457 e. The van der Waals surface area contributed by atoms with Gasteiger partial charge in [-0.2, -0.15) is 0 Å². The lowest BCUT2D eigenvalue weighted by Crippen LogP contribution is -2.65. The molecule has 0 radical (unpaired) electrons. The fourth-order valence-electron chi connectivity index (χ4n) is 4.54. The molecule has 1 saturated heterocycles. The van der Waals surface area contributed by atoms with Crippen molar-refractivity contribution >= 4 is 7.12 Å². The summed E-state index contributed by atoms with van der Waals surface area (Å²) >= 11 is 0. The zero-order valence-electron chi connectivity index (χ0n) is 12.5. The lowest BCUT2D eigenvalue weighted by Gasteiger charge is -2.64. The van der Waals surface area contributed by atoms with Crippen LogP contribution in [0.1, 0.15) is 53.9 Å². The molecule has 3 saturated carbocycles. The Labute approximate surface area is 112 Å². The second kappa shape index (κ2) is 3.99. The van der Waals surface area contributed by atoms with Crippen LogP contribution in [0.15, 0.2) is 0 Å². The Morgan fingerprint density at radius 1 is 1.22 bits per heavy atom. The van der Waals surface area contributed by atoms with Crippen LogP contribution in [-0.2, 0) is 9.31 Å². The van der Waals surface area contributed by atoms with E-state index in [0.717, 1.165) is 18.2 Å². The van der Waals surface area contributed by atoms with Crippen LogP contribution >= 0.6 is 0 Å². The minimum atomic E-state index is -0.0140. The standard InChI is InChI=1S/C15H27BO2/c1-10(2)6-7-16-17-13-9-11-8-12(14(11,3)4)15(13,5)18-16/h10-13H,6-9H2,1-5H3/t11?,12-,13?,15-/m0/s1. The maximum atomic E-state index is 6.37. The molecule has 1 heterocycles. The summed E-state index contributed by atoms with van der Waals surface area (Å²) in [5, 5.41) is 0. The van der Waals surface area contributed by atoms with Gasteiger partial charge >= 0.3 is 7.12 Å². The summed E-state index contributed by atoms with van der Waals surface area (Å²) in [5.41, 5.74) is 0.446. The van der Waals surface area contributed by atoms with E-state index < -0.39 is 0 Å². The Morgan fingerprint density at radius 2 is 1.94 bits per heavy atom. The lowest BCUT2D eigenvalue weighted by atomic mass is 9.43. The highest BCUT2D eigenvalue weighted by Gasteiger charge is 2.67. The lowest BCUT2D eigenvalue weighted by molar-refractivity contribution is -0.199. The Bertz CT molecular complexity index is 341. The van der Waals surface area contributed by atoms with Crippen molar-refractivity contribution in [3.05, 3.63) is 0 Å². The van der Waals surface area contributed by atoms with E-state index in [1.807, 2.05) is 0 Å². The van der Waals surface area contributed by atoms with Gasteiger partial charge in [0.1, 0.15) is 0 Å². The average Bonchev–Trinajstić information content (AvgIpc) is 2.61. The molecule has 4 aliphatic rings. The maximum Gasteiger partial charge on any atom is 0.457 e. The average molecular weight is 250 g/mol. The van der Waals surface area contributed by atoms with Crippen LogP contribution < -0.4 is 0 Å². The van der Waals surface area contributed by atoms with Crippen molar-refractivity contribution in [2.24, 2.45) is 23.2 Å². The molecular weight excluding hydrogens is 223 g/mol. The normalized spacial score (nSPS) is 45.0. The van der Waals surface area contributed by atoms with Crippen molar-refractivity contribution in [2.45, 2.75) is 71.9 Å². The van der Waals surface area contributed by atoms with Crippen LogP contribution in [0.3, 0.4) is 0 Å². The van der Waals surface area contributed by atoms with Gasteiger partial charge in [0.25, 0.3) is 0 Å². The molecule has 4 rings (SSSR count). The van der Waals surface area contributed by atoms with Crippen molar-refractivity contribution in [1.29, 1.82) is 0 Å². The maximum absolute atomic E-state index is 6.37. The zero-order valence-corrected chi connectivity index (χ0v) is 12.5. The van der Waals surface area contributed by atoms with Crippen molar-refractivity contribution < 1.29 is 9.31 Å². The summed E-state index contributed by atoms with van der Waals surface area (Å²) in [5.74, 6) is 2.28. The summed E-state index contributed by atoms with van der Waals surface area (Å²) in [6.07, 6.45) is 5.16. The van der Waals surface area contributed by atoms with E-state index in [4.69, 9.17) is 9.31 Å². The highest BCUT2D eigenvalue weighted by atomic mass is 16.7. The van der Waals surface area contributed by atoms with E-state index in [-0.39, 0.29) is 12.7 Å². The van der Waals surface area contributed by atoms with E-state index in [1.165, 1.54) is 19.3 Å². The van der Waals surface area contributed by atoms with Crippen LogP contribution in [0.4, 0.5) is 0 Å². The first-order chi connectivity index (χ1) is 8.34. The van der Waals surface area contributed by atoms with Crippen LogP contribution in [0.5, 0.6) is 0 Å². The predicted molar refractivity (Wildman–Crippen MR) is 74.4 cm³/mol. The van der Waals surface area contributed by atoms with Crippen molar-refractivity contribution in [2.75, 3.05) is 0 Å². The topological polar surface area (TPSA) is 18.5 Å². The van der Waals surface area contributed by atoms with Crippen LogP contribution in [-0.4, -0.2) is 18.8 Å². The highest BCUT2D eigenvalue weighted by molar-refractivity contribution is 6.45. The van der Waals surface area contributed by atoms with Crippen molar-refractivity contribution in [3.63, 3.8) is 0 Å². The van der Waals surface area contributed by atoms with Crippen molar-refractivity contribution in [3.8, 4) is 0 Å². The van der Waals surface area contributed by atoms with Crippen LogP contribution in [0, 0.1) is 23.2 Å². The molecule has 1 aliphatic heterocycles. The molecule has 2 nitrogen and oxygen atoms in total. The molecule has 0 aromatic heterocycles. The molecule has 0 amide bonds. The summed E-state index contributed by atoms with van der Waals surface area (Å²) in [4.78, 5) is 0. The summed E-state index contributed by atoms with van der Waals surface area (Å²) in [7, 11) is 0.0533. The summed E-state index contributed by atoms with van der Waals surface area (Å²) < 4.78 is 12.6. The SMILES string of the molecule is CC(C)CCB1OC2CC3C[C@@H](C3(C)C)[C@]2(C)O1. The van der Waals surface area contributed by atoms with Crippen LogP contribution in [0.25, 0.3) is 0 Å². The Kier molecular flexibility index (Phi) is 2.88. The van der Waals surface area contributed by atoms with Gasteiger partial charge in [-0.25, -0.2) is 0 Å². The molecular formula is C15H27BO2. The third-order valence-corrected chi connectivity index (χ3v) is 5.98. The van der Waals surface area contributed by atoms with Gasteiger partial charge in [0.05, 0.1) is 11.7 Å². The molecule has 0 aromatic carbocycles. The predicted octanol–water partition coefficient (Wildman–Crippen LogP) is 3.76. The van der Waals surface area contributed by atoms with Gasteiger partial charge in [-0.1, -0.05) is 34.1 Å². The third kappa shape index (κ3) is 1.70. The molecule has 2 unspecified atom stereocenters. The van der Waals surface area contributed by atoms with E-state index in [0.29, 0.717) is 17.4 Å². The van der Waals surface area contributed by atoms with E-state index in [1.54, 1.807) is 0 Å². The Morgan fingerprint density at radius 3 is 2.56 bits per heavy atom.